The van der Waals surface area contributed by atoms with Gasteiger partial charge >= 0.3 is 0 Å². The van der Waals surface area contributed by atoms with Crippen LogP contribution < -0.4 is 4.90 Å². The van der Waals surface area contributed by atoms with Crippen LogP contribution in [0.15, 0.2) is 42.7 Å². The predicted octanol–water partition coefficient (Wildman–Crippen LogP) is 4.41. The molecule has 23 heavy (non-hydrogen) atoms. The van der Waals surface area contributed by atoms with Crippen LogP contribution in [-0.2, 0) is 6.42 Å². The van der Waals surface area contributed by atoms with E-state index in [1.807, 2.05) is 6.20 Å². The highest BCUT2D eigenvalue weighted by molar-refractivity contribution is 5.43. The van der Waals surface area contributed by atoms with E-state index in [9.17, 15) is 0 Å². The molecule has 3 rings (SSSR count). The molecule has 3 heteroatoms. The summed E-state index contributed by atoms with van der Waals surface area (Å²) in [5, 5.41) is 0. The summed E-state index contributed by atoms with van der Waals surface area (Å²) in [5.41, 5.74) is 2.88. The van der Waals surface area contributed by atoms with Crippen molar-refractivity contribution in [3.05, 3.63) is 54.0 Å². The maximum absolute atomic E-state index is 4.56. The quantitative estimate of drug-likeness (QED) is 0.819. The molecule has 2 heterocycles. The van der Waals surface area contributed by atoms with E-state index >= 15 is 0 Å². The molecule has 0 bridgehead atoms. The van der Waals surface area contributed by atoms with E-state index in [0.29, 0.717) is 5.41 Å². The molecule has 122 valence electrons. The summed E-state index contributed by atoms with van der Waals surface area (Å²) in [7, 11) is 0. The van der Waals surface area contributed by atoms with Crippen molar-refractivity contribution in [1.82, 2.24) is 9.97 Å². The Labute approximate surface area is 139 Å². The molecule has 1 unspecified atom stereocenters. The molecule has 0 aliphatic carbocycles. The van der Waals surface area contributed by atoms with Gasteiger partial charge in [-0.05, 0) is 50.0 Å². The lowest BCUT2D eigenvalue weighted by atomic mass is 9.77. The summed E-state index contributed by atoms with van der Waals surface area (Å²) in [5.74, 6) is 1.07. The van der Waals surface area contributed by atoms with Crippen LogP contribution in [0.3, 0.4) is 0 Å². The van der Waals surface area contributed by atoms with Crippen LogP contribution in [0.5, 0.6) is 0 Å². The van der Waals surface area contributed by atoms with Gasteiger partial charge < -0.3 is 4.90 Å². The minimum Gasteiger partial charge on any atom is -0.355 e. The van der Waals surface area contributed by atoms with Crippen LogP contribution in [0.1, 0.15) is 43.9 Å². The Balaban J connectivity index is 1.59. The highest BCUT2D eigenvalue weighted by atomic mass is 15.2. The third kappa shape index (κ3) is 4.10. The van der Waals surface area contributed by atoms with Crippen molar-refractivity contribution in [3.63, 3.8) is 0 Å². The van der Waals surface area contributed by atoms with Gasteiger partial charge in [-0.15, -0.1) is 0 Å². The smallest absolute Gasteiger partial charge is 0.150 e. The van der Waals surface area contributed by atoms with Gasteiger partial charge in [0.1, 0.15) is 5.82 Å². The first kappa shape index (κ1) is 16.0. The van der Waals surface area contributed by atoms with Crippen molar-refractivity contribution >= 4 is 5.82 Å². The maximum Gasteiger partial charge on any atom is 0.150 e. The van der Waals surface area contributed by atoms with Crippen LogP contribution in [0, 0.1) is 12.3 Å². The van der Waals surface area contributed by atoms with Gasteiger partial charge in [-0.3, -0.25) is 4.98 Å². The van der Waals surface area contributed by atoms with Crippen molar-refractivity contribution in [2.75, 3.05) is 18.0 Å². The van der Waals surface area contributed by atoms with Gasteiger partial charge in [0, 0.05) is 25.5 Å². The Bertz CT molecular complexity index is 626. The number of hydrogen-bond donors (Lipinski definition) is 0. The Morgan fingerprint density at radius 1 is 1.13 bits per heavy atom. The molecule has 0 amide bonds. The molecule has 1 aliphatic rings. The molecular formula is C20H27N3. The lowest BCUT2D eigenvalue weighted by Gasteiger charge is -2.41. The summed E-state index contributed by atoms with van der Waals surface area (Å²) in [4.78, 5) is 11.4. The van der Waals surface area contributed by atoms with E-state index in [-0.39, 0.29) is 0 Å². The summed E-state index contributed by atoms with van der Waals surface area (Å²) >= 11 is 0. The third-order valence-corrected chi connectivity index (χ3v) is 5.02. The minimum atomic E-state index is 0.386. The Hall–Kier alpha value is -1.90. The van der Waals surface area contributed by atoms with Crippen LogP contribution in [0.25, 0.3) is 0 Å². The molecule has 1 aromatic heterocycles. The van der Waals surface area contributed by atoms with Crippen molar-refractivity contribution in [2.45, 2.75) is 46.0 Å². The number of anilines is 1. The largest absolute Gasteiger partial charge is 0.355 e. The predicted molar refractivity (Wildman–Crippen MR) is 95.7 cm³/mol. The number of rotatable bonds is 5. The topological polar surface area (TPSA) is 29.0 Å². The summed E-state index contributed by atoms with van der Waals surface area (Å²) < 4.78 is 0. The van der Waals surface area contributed by atoms with E-state index < -0.39 is 0 Å². The molecule has 1 atom stereocenters. The zero-order valence-electron chi connectivity index (χ0n) is 14.3. The van der Waals surface area contributed by atoms with Gasteiger partial charge in [0.2, 0.25) is 0 Å². The summed E-state index contributed by atoms with van der Waals surface area (Å²) in [6, 6.07) is 10.8. The zero-order valence-corrected chi connectivity index (χ0v) is 14.3. The van der Waals surface area contributed by atoms with Gasteiger partial charge in [-0.25, -0.2) is 4.98 Å². The van der Waals surface area contributed by atoms with E-state index in [4.69, 9.17) is 0 Å². The van der Waals surface area contributed by atoms with E-state index in [2.05, 4.69) is 59.0 Å². The second-order valence-electron chi connectivity index (χ2n) is 7.14. The standard InChI is InChI=1S/C20H27N3/c1-17-19(22-14-13-21-17)23-15-7-12-20(2,16-23)11-6-10-18-8-4-3-5-9-18/h3-5,8-9,13-14H,6-7,10-12,15-16H2,1-2H3. The van der Waals surface area contributed by atoms with E-state index in [1.54, 1.807) is 6.20 Å². The second-order valence-corrected chi connectivity index (χ2v) is 7.14. The number of benzene rings is 1. The molecule has 1 fully saturated rings. The van der Waals surface area contributed by atoms with Crippen molar-refractivity contribution < 1.29 is 0 Å². The molecule has 0 saturated carbocycles. The van der Waals surface area contributed by atoms with Crippen LogP contribution in [0.2, 0.25) is 0 Å². The first-order chi connectivity index (χ1) is 11.2. The first-order valence-corrected chi connectivity index (χ1v) is 8.73. The molecule has 1 aromatic carbocycles. The third-order valence-electron chi connectivity index (χ3n) is 5.02. The molecular weight excluding hydrogens is 282 g/mol. The fourth-order valence-corrected chi connectivity index (χ4v) is 3.78. The van der Waals surface area contributed by atoms with Crippen molar-refractivity contribution in [1.29, 1.82) is 0 Å². The lowest BCUT2D eigenvalue weighted by Crippen LogP contribution is -2.42. The van der Waals surface area contributed by atoms with Crippen LogP contribution in [-0.4, -0.2) is 23.1 Å². The number of aromatic nitrogens is 2. The SMILES string of the molecule is Cc1nccnc1N1CCCC(C)(CCCc2ccccc2)C1. The second kappa shape index (κ2) is 7.12. The average Bonchev–Trinajstić information content (AvgIpc) is 2.56. The number of nitrogens with zero attached hydrogens (tertiary/aromatic N) is 3. The van der Waals surface area contributed by atoms with Crippen molar-refractivity contribution in [2.24, 2.45) is 5.41 Å². The molecule has 1 aliphatic heterocycles. The van der Waals surface area contributed by atoms with Gasteiger partial charge in [0.05, 0.1) is 5.69 Å². The maximum atomic E-state index is 4.56. The van der Waals surface area contributed by atoms with Gasteiger partial charge in [-0.1, -0.05) is 37.3 Å². The molecule has 0 N–H and O–H groups in total. The fourth-order valence-electron chi connectivity index (χ4n) is 3.78. The number of hydrogen-bond acceptors (Lipinski definition) is 3. The number of piperidine rings is 1. The monoisotopic (exact) mass is 309 g/mol. The van der Waals surface area contributed by atoms with E-state index in [1.165, 1.54) is 37.7 Å². The van der Waals surface area contributed by atoms with Gasteiger partial charge in [-0.2, -0.15) is 0 Å². The number of aryl methyl sites for hydroxylation is 2. The van der Waals surface area contributed by atoms with Gasteiger partial charge in [0.15, 0.2) is 0 Å². The summed E-state index contributed by atoms with van der Waals surface area (Å²) in [6.07, 6.45) is 9.87. The summed E-state index contributed by atoms with van der Waals surface area (Å²) in [6.45, 7) is 6.70. The van der Waals surface area contributed by atoms with Crippen molar-refractivity contribution in [3.8, 4) is 0 Å². The highest BCUT2D eigenvalue weighted by Gasteiger charge is 2.31. The highest BCUT2D eigenvalue weighted by Crippen LogP contribution is 2.36. The Kier molecular flexibility index (Phi) is 4.94. The Morgan fingerprint density at radius 2 is 1.91 bits per heavy atom. The molecule has 0 spiro atoms. The molecule has 0 radical (unpaired) electrons. The Morgan fingerprint density at radius 3 is 2.70 bits per heavy atom. The molecule has 1 saturated heterocycles. The zero-order chi connectivity index (χ0) is 16.1. The van der Waals surface area contributed by atoms with Crippen LogP contribution >= 0.6 is 0 Å². The van der Waals surface area contributed by atoms with Crippen LogP contribution in [0.4, 0.5) is 5.82 Å². The fraction of sp³-hybridized carbons (Fsp3) is 0.500. The molecule has 2 aromatic rings. The van der Waals surface area contributed by atoms with E-state index in [0.717, 1.165) is 24.6 Å². The van der Waals surface area contributed by atoms with Gasteiger partial charge in [0.25, 0.3) is 0 Å². The normalized spacial score (nSPS) is 21.4. The first-order valence-electron chi connectivity index (χ1n) is 8.73. The molecule has 3 nitrogen and oxygen atoms in total. The average molecular weight is 309 g/mol. The lowest BCUT2D eigenvalue weighted by molar-refractivity contribution is 0.235. The minimum absolute atomic E-state index is 0.386.